The van der Waals surface area contributed by atoms with E-state index in [0.717, 1.165) is 37.3 Å². The summed E-state index contributed by atoms with van der Waals surface area (Å²) < 4.78 is 10.9. The van der Waals surface area contributed by atoms with Crippen LogP contribution in [0.4, 0.5) is 0 Å². The number of aliphatic hydroxyl groups excluding tert-OH is 1. The first-order chi connectivity index (χ1) is 11.1. The molecule has 0 unspecified atom stereocenters. The van der Waals surface area contributed by atoms with Crippen molar-refractivity contribution >= 4 is 0 Å². The van der Waals surface area contributed by atoms with Crippen molar-refractivity contribution in [3.8, 4) is 11.5 Å². The minimum absolute atomic E-state index is 0.0349. The molecule has 0 aromatic heterocycles. The third-order valence-electron chi connectivity index (χ3n) is 6.26. The van der Waals surface area contributed by atoms with Gasteiger partial charge >= 0.3 is 0 Å². The van der Waals surface area contributed by atoms with E-state index in [9.17, 15) is 5.11 Å². The van der Waals surface area contributed by atoms with Crippen LogP contribution in [-0.2, 0) is 5.41 Å². The zero-order chi connectivity index (χ0) is 16.2. The Labute approximate surface area is 137 Å². The van der Waals surface area contributed by atoms with Crippen molar-refractivity contribution in [3.63, 3.8) is 0 Å². The van der Waals surface area contributed by atoms with Crippen molar-refractivity contribution < 1.29 is 14.6 Å². The highest BCUT2D eigenvalue weighted by Gasteiger charge is 2.65. The van der Waals surface area contributed by atoms with Crippen molar-refractivity contribution in [2.45, 2.75) is 36.8 Å². The molecule has 1 aromatic rings. The van der Waals surface area contributed by atoms with Crippen LogP contribution in [-0.4, -0.2) is 50.0 Å². The monoisotopic (exact) mass is 315 g/mol. The number of ether oxygens (including phenoxy) is 2. The van der Waals surface area contributed by atoms with Crippen LogP contribution < -0.4 is 9.47 Å². The van der Waals surface area contributed by atoms with E-state index in [0.29, 0.717) is 6.04 Å². The van der Waals surface area contributed by atoms with Gasteiger partial charge in [0.05, 0.1) is 20.3 Å². The quantitative estimate of drug-likeness (QED) is 0.870. The molecule has 1 aromatic carbocycles. The smallest absolute Gasteiger partial charge is 0.161 e. The molecule has 1 N–H and O–H groups in total. The first-order valence-electron chi connectivity index (χ1n) is 8.37. The van der Waals surface area contributed by atoms with Gasteiger partial charge in [-0.25, -0.2) is 0 Å². The first-order valence-corrected chi connectivity index (χ1v) is 8.37. The van der Waals surface area contributed by atoms with Gasteiger partial charge in [-0.2, -0.15) is 0 Å². The van der Waals surface area contributed by atoms with Gasteiger partial charge in [-0.05, 0) is 50.6 Å². The summed E-state index contributed by atoms with van der Waals surface area (Å²) in [7, 11) is 5.54. The van der Waals surface area contributed by atoms with Gasteiger partial charge in [0.2, 0.25) is 0 Å². The van der Waals surface area contributed by atoms with Crippen molar-refractivity contribution in [3.05, 3.63) is 35.9 Å². The summed E-state index contributed by atoms with van der Waals surface area (Å²) in [5, 5.41) is 10.6. The van der Waals surface area contributed by atoms with Gasteiger partial charge in [0.15, 0.2) is 11.5 Å². The maximum atomic E-state index is 10.6. The van der Waals surface area contributed by atoms with Crippen LogP contribution >= 0.6 is 0 Å². The number of likely N-dealkylation sites (N-methyl/N-ethyl adjacent to an activating group) is 1. The third kappa shape index (κ3) is 1.91. The summed E-state index contributed by atoms with van der Waals surface area (Å²) in [6, 6.07) is 6.62. The summed E-state index contributed by atoms with van der Waals surface area (Å²) in [6.45, 7) is 1.05. The number of aliphatic hydroxyl groups is 1. The van der Waals surface area contributed by atoms with Gasteiger partial charge in [0.25, 0.3) is 0 Å². The van der Waals surface area contributed by atoms with Crippen LogP contribution in [0.3, 0.4) is 0 Å². The number of methoxy groups -OCH3 is 2. The topological polar surface area (TPSA) is 41.9 Å². The molecular weight excluding hydrogens is 290 g/mol. The molecule has 3 aliphatic rings. The number of hydrogen-bond donors (Lipinski definition) is 1. The molecule has 1 aliphatic heterocycles. The molecule has 0 amide bonds. The van der Waals surface area contributed by atoms with Crippen molar-refractivity contribution in [2.75, 3.05) is 27.8 Å². The minimum Gasteiger partial charge on any atom is -0.493 e. The van der Waals surface area contributed by atoms with E-state index in [1.165, 1.54) is 5.56 Å². The molecule has 3 atom stereocenters. The number of nitrogens with zero attached hydrogens (tertiary/aromatic N) is 1. The molecule has 0 radical (unpaired) electrons. The van der Waals surface area contributed by atoms with E-state index in [1.54, 1.807) is 14.2 Å². The lowest BCUT2D eigenvalue weighted by molar-refractivity contribution is 0.0464. The average Bonchev–Trinajstić information content (AvgIpc) is 3.28. The van der Waals surface area contributed by atoms with E-state index in [2.05, 4.69) is 30.2 Å². The zero-order valence-corrected chi connectivity index (χ0v) is 14.1. The molecule has 1 saturated carbocycles. The van der Waals surface area contributed by atoms with Gasteiger partial charge in [-0.3, -0.25) is 0 Å². The fourth-order valence-corrected chi connectivity index (χ4v) is 5.00. The van der Waals surface area contributed by atoms with E-state index in [1.807, 2.05) is 12.1 Å². The number of likely N-dealkylation sites (tertiary alicyclic amines) is 1. The number of benzene rings is 1. The fourth-order valence-electron chi connectivity index (χ4n) is 5.00. The van der Waals surface area contributed by atoms with Crippen molar-refractivity contribution in [1.82, 2.24) is 4.90 Å². The summed E-state index contributed by atoms with van der Waals surface area (Å²) in [5.41, 5.74) is 1.26. The summed E-state index contributed by atoms with van der Waals surface area (Å²) >= 11 is 0. The predicted octanol–water partition coefficient (Wildman–Crippen LogP) is 2.36. The maximum absolute atomic E-state index is 10.6. The van der Waals surface area contributed by atoms with Crippen LogP contribution in [0, 0.1) is 5.41 Å². The second-order valence-corrected chi connectivity index (χ2v) is 7.28. The van der Waals surface area contributed by atoms with Crippen LogP contribution in [0.25, 0.3) is 0 Å². The Morgan fingerprint density at radius 2 is 1.87 bits per heavy atom. The molecule has 0 bridgehead atoms. The molecule has 4 heteroatoms. The SMILES string of the molecule is COc1ccc([C@@]23C=C[C@H](O)C4(CC4)[C@@H]2N(C)CC3)cc1OC. The third-order valence-corrected chi connectivity index (χ3v) is 6.26. The number of hydrogen-bond acceptors (Lipinski definition) is 4. The normalized spacial score (nSPS) is 34.4. The fraction of sp³-hybridized carbons (Fsp3) is 0.579. The molecule has 4 nitrogen and oxygen atoms in total. The van der Waals surface area contributed by atoms with Crippen LogP contribution in [0.2, 0.25) is 0 Å². The predicted molar refractivity (Wildman–Crippen MR) is 89.1 cm³/mol. The minimum atomic E-state index is -0.318. The second kappa shape index (κ2) is 4.99. The Bertz CT molecular complexity index is 652. The standard InChI is InChI=1S/C19H25NO3/c1-20-11-10-18(7-6-16(21)19(8-9-19)17(18)20)13-4-5-14(22-2)15(12-13)23-3/h4-7,12,16-17,21H,8-11H2,1-3H3/t16-,17+,18-/m0/s1. The Kier molecular flexibility index (Phi) is 3.26. The van der Waals surface area contributed by atoms with Crippen LogP contribution in [0.5, 0.6) is 11.5 Å². The Balaban J connectivity index is 1.84. The second-order valence-electron chi connectivity index (χ2n) is 7.28. The van der Waals surface area contributed by atoms with Gasteiger partial charge in [-0.1, -0.05) is 18.2 Å². The van der Waals surface area contributed by atoms with Gasteiger partial charge in [0, 0.05) is 16.9 Å². The molecule has 2 aliphatic carbocycles. The van der Waals surface area contributed by atoms with Crippen molar-refractivity contribution in [2.24, 2.45) is 5.41 Å². The van der Waals surface area contributed by atoms with Crippen LogP contribution in [0.1, 0.15) is 24.8 Å². The molecule has 4 rings (SSSR count). The molecule has 1 spiro atoms. The van der Waals surface area contributed by atoms with E-state index in [4.69, 9.17) is 9.47 Å². The van der Waals surface area contributed by atoms with Gasteiger partial charge < -0.3 is 19.5 Å². The Morgan fingerprint density at radius 3 is 2.52 bits per heavy atom. The average molecular weight is 315 g/mol. The number of fused-ring (bicyclic) bond motifs is 2. The largest absolute Gasteiger partial charge is 0.493 e. The summed E-state index contributed by atoms with van der Waals surface area (Å²) in [6.07, 6.45) is 7.26. The molecule has 23 heavy (non-hydrogen) atoms. The lowest BCUT2D eigenvalue weighted by Gasteiger charge is -2.46. The highest BCUT2D eigenvalue weighted by atomic mass is 16.5. The van der Waals surface area contributed by atoms with E-state index < -0.39 is 0 Å². The highest BCUT2D eigenvalue weighted by Crippen LogP contribution is 2.63. The molecule has 1 saturated heterocycles. The van der Waals surface area contributed by atoms with E-state index >= 15 is 0 Å². The summed E-state index contributed by atoms with van der Waals surface area (Å²) in [4.78, 5) is 2.44. The maximum Gasteiger partial charge on any atom is 0.161 e. The van der Waals surface area contributed by atoms with Crippen molar-refractivity contribution in [1.29, 1.82) is 0 Å². The van der Waals surface area contributed by atoms with E-state index in [-0.39, 0.29) is 16.9 Å². The van der Waals surface area contributed by atoms with Gasteiger partial charge in [-0.15, -0.1) is 0 Å². The Morgan fingerprint density at radius 1 is 1.13 bits per heavy atom. The molecule has 2 fully saturated rings. The first kappa shape index (κ1) is 15.0. The zero-order valence-electron chi connectivity index (χ0n) is 14.1. The summed E-state index contributed by atoms with van der Waals surface area (Å²) in [5.74, 6) is 1.54. The lowest BCUT2D eigenvalue weighted by atomic mass is 9.63. The Hall–Kier alpha value is -1.52. The van der Waals surface area contributed by atoms with Gasteiger partial charge in [0.1, 0.15) is 0 Å². The number of rotatable bonds is 3. The lowest BCUT2D eigenvalue weighted by Crippen LogP contribution is -2.53. The highest BCUT2D eigenvalue weighted by molar-refractivity contribution is 5.50. The molecule has 1 heterocycles. The molecular formula is C19H25NO3. The molecule has 124 valence electrons. The van der Waals surface area contributed by atoms with Crippen LogP contribution in [0.15, 0.2) is 30.4 Å².